The summed E-state index contributed by atoms with van der Waals surface area (Å²) in [6.07, 6.45) is 4.16. The molecule has 0 saturated heterocycles. The van der Waals surface area contributed by atoms with Crippen LogP contribution in [0.4, 0.5) is 14.9 Å². The minimum Gasteiger partial charge on any atom is -0.444 e. The summed E-state index contributed by atoms with van der Waals surface area (Å²) in [7, 11) is 0. The number of anilines is 1. The van der Waals surface area contributed by atoms with E-state index in [2.05, 4.69) is 25.9 Å². The summed E-state index contributed by atoms with van der Waals surface area (Å²) in [5.74, 6) is -0.567. The quantitative estimate of drug-likeness (QED) is 0.167. The number of alkyl carbamates (subject to hydrolysis) is 1. The number of nitrogens with zero attached hydrogens (tertiary/aromatic N) is 2. The maximum absolute atomic E-state index is 14.4. The van der Waals surface area contributed by atoms with Crippen molar-refractivity contribution in [1.29, 1.82) is 0 Å². The summed E-state index contributed by atoms with van der Waals surface area (Å²) >= 11 is 6.54. The van der Waals surface area contributed by atoms with Gasteiger partial charge in [-0.3, -0.25) is 14.8 Å². The molecule has 0 aliphatic rings. The van der Waals surface area contributed by atoms with Crippen LogP contribution in [0.15, 0.2) is 67.0 Å². The highest BCUT2D eigenvalue weighted by atomic mass is 35.5. The van der Waals surface area contributed by atoms with Gasteiger partial charge in [0.25, 0.3) is 5.91 Å². The molecule has 220 valence electrons. The zero-order valence-electron chi connectivity index (χ0n) is 24.1. The molecule has 0 saturated carbocycles. The summed E-state index contributed by atoms with van der Waals surface area (Å²) in [6, 6.07) is 15.6. The van der Waals surface area contributed by atoms with Gasteiger partial charge in [-0.25, -0.2) is 9.18 Å². The van der Waals surface area contributed by atoms with Gasteiger partial charge < -0.3 is 20.7 Å². The van der Waals surface area contributed by atoms with E-state index in [4.69, 9.17) is 16.3 Å². The van der Waals surface area contributed by atoms with Crippen molar-refractivity contribution in [2.75, 3.05) is 18.4 Å². The second-order valence-corrected chi connectivity index (χ2v) is 11.3. The Morgan fingerprint density at radius 3 is 2.36 bits per heavy atom. The van der Waals surface area contributed by atoms with Crippen LogP contribution in [0.25, 0.3) is 22.0 Å². The van der Waals surface area contributed by atoms with Crippen molar-refractivity contribution in [3.05, 3.63) is 89.1 Å². The van der Waals surface area contributed by atoms with E-state index in [1.54, 1.807) is 36.7 Å². The monoisotopic (exact) mass is 591 g/mol. The molecule has 0 aliphatic heterocycles. The van der Waals surface area contributed by atoms with Gasteiger partial charge in [0.15, 0.2) is 0 Å². The van der Waals surface area contributed by atoms with Crippen molar-refractivity contribution < 1.29 is 18.7 Å². The van der Waals surface area contributed by atoms with Crippen molar-refractivity contribution in [1.82, 2.24) is 20.6 Å². The van der Waals surface area contributed by atoms with Crippen LogP contribution in [0.5, 0.6) is 0 Å². The molecule has 4 aromatic rings. The van der Waals surface area contributed by atoms with Gasteiger partial charge in [-0.1, -0.05) is 41.9 Å². The lowest BCUT2D eigenvalue weighted by molar-refractivity contribution is 0.0526. The van der Waals surface area contributed by atoms with Gasteiger partial charge in [0.1, 0.15) is 17.1 Å². The van der Waals surface area contributed by atoms with Crippen LogP contribution in [0.3, 0.4) is 0 Å². The number of aromatic nitrogens is 2. The van der Waals surface area contributed by atoms with Crippen LogP contribution in [-0.4, -0.2) is 40.7 Å². The van der Waals surface area contributed by atoms with Gasteiger partial charge in [0.2, 0.25) is 0 Å². The lowest BCUT2D eigenvalue weighted by Gasteiger charge is -2.19. The minimum absolute atomic E-state index is 0.273. The third-order valence-corrected chi connectivity index (χ3v) is 6.73. The summed E-state index contributed by atoms with van der Waals surface area (Å²) in [6.45, 7) is 8.22. The van der Waals surface area contributed by atoms with Gasteiger partial charge in [0, 0.05) is 42.0 Å². The molecule has 42 heavy (non-hydrogen) atoms. The van der Waals surface area contributed by atoms with Gasteiger partial charge in [0.05, 0.1) is 22.3 Å². The molecule has 10 heteroatoms. The van der Waals surface area contributed by atoms with E-state index in [0.29, 0.717) is 47.9 Å². The molecule has 2 heterocycles. The molecule has 3 N–H and O–H groups in total. The third kappa shape index (κ3) is 8.16. The first-order valence-corrected chi connectivity index (χ1v) is 14.2. The molecular weight excluding hydrogens is 557 g/mol. The van der Waals surface area contributed by atoms with E-state index in [1.807, 2.05) is 52.0 Å². The topological polar surface area (TPSA) is 105 Å². The number of rotatable bonds is 10. The number of hydrogen-bond donors (Lipinski definition) is 3. The molecule has 1 atom stereocenters. The van der Waals surface area contributed by atoms with Gasteiger partial charge in [-0.05, 0) is 70.4 Å². The number of benzene rings is 2. The Bertz CT molecular complexity index is 1560. The number of amides is 2. The highest BCUT2D eigenvalue weighted by molar-refractivity contribution is 6.34. The van der Waals surface area contributed by atoms with E-state index in [9.17, 15) is 14.0 Å². The van der Waals surface area contributed by atoms with Crippen LogP contribution in [0.2, 0.25) is 5.02 Å². The lowest BCUT2D eigenvalue weighted by Crippen LogP contribution is -2.33. The summed E-state index contributed by atoms with van der Waals surface area (Å²) in [5.41, 5.74) is 3.37. The van der Waals surface area contributed by atoms with E-state index in [1.165, 1.54) is 6.07 Å². The number of hydrogen-bond acceptors (Lipinski definition) is 6. The molecule has 0 aliphatic carbocycles. The number of halogens is 2. The standard InChI is InChI=1S/C32H35ClFN5O3/c1-20(23-9-5-6-10-26(23)34)39-29-24-17-21(11-13-27(24)38-19-25(29)33)22-12-14-28(37-18-22)30(40)35-15-7-8-16-36-31(41)42-32(2,3)4/h5-6,9-14,17-20H,7-8,15-16H2,1-4H3,(H,35,40)(H,36,41)(H,38,39)/t20-/m1/s1. The predicted octanol–water partition coefficient (Wildman–Crippen LogP) is 7.30. The van der Waals surface area contributed by atoms with Crippen molar-refractivity contribution in [3.8, 4) is 11.1 Å². The number of carbonyl (C=O) groups excluding carboxylic acids is 2. The first-order chi connectivity index (χ1) is 20.0. The Morgan fingerprint density at radius 2 is 1.67 bits per heavy atom. The van der Waals surface area contributed by atoms with E-state index >= 15 is 0 Å². The van der Waals surface area contributed by atoms with Gasteiger partial charge >= 0.3 is 6.09 Å². The normalized spacial score (nSPS) is 12.0. The molecule has 0 unspecified atom stereocenters. The maximum atomic E-state index is 14.4. The minimum atomic E-state index is -0.539. The van der Waals surface area contributed by atoms with Crippen LogP contribution in [-0.2, 0) is 4.74 Å². The summed E-state index contributed by atoms with van der Waals surface area (Å²) in [5, 5.41) is 10.1. The molecule has 2 aromatic carbocycles. The Balaban J connectivity index is 1.38. The highest BCUT2D eigenvalue weighted by Gasteiger charge is 2.17. The Morgan fingerprint density at radius 1 is 0.952 bits per heavy atom. The first kappa shape index (κ1) is 30.7. The smallest absolute Gasteiger partial charge is 0.407 e. The summed E-state index contributed by atoms with van der Waals surface area (Å²) < 4.78 is 19.6. The Kier molecular flexibility index (Phi) is 9.96. The first-order valence-electron chi connectivity index (χ1n) is 13.8. The third-order valence-electron chi connectivity index (χ3n) is 6.44. The van der Waals surface area contributed by atoms with Crippen LogP contribution >= 0.6 is 11.6 Å². The number of pyridine rings is 2. The fourth-order valence-electron chi connectivity index (χ4n) is 4.36. The molecule has 4 rings (SSSR count). The van der Waals surface area contributed by atoms with Gasteiger partial charge in [-0.15, -0.1) is 0 Å². The Labute approximate surface area is 250 Å². The second-order valence-electron chi connectivity index (χ2n) is 10.9. The lowest BCUT2D eigenvalue weighted by atomic mass is 10.0. The average molecular weight is 592 g/mol. The number of fused-ring (bicyclic) bond motifs is 1. The SMILES string of the molecule is C[C@@H](Nc1c(Cl)cnc2ccc(-c3ccc(C(=O)NCCCCNC(=O)OC(C)(C)C)nc3)cc12)c1ccccc1F. The fourth-order valence-corrected chi connectivity index (χ4v) is 4.57. The maximum Gasteiger partial charge on any atom is 0.407 e. The zero-order valence-corrected chi connectivity index (χ0v) is 24.9. The van der Waals surface area contributed by atoms with E-state index < -0.39 is 11.7 Å². The number of ether oxygens (including phenoxy) is 1. The number of nitrogens with one attached hydrogen (secondary N) is 3. The average Bonchev–Trinajstić information content (AvgIpc) is 2.95. The van der Waals surface area contributed by atoms with Crippen LogP contribution in [0.1, 0.15) is 62.6 Å². The molecule has 0 fully saturated rings. The van der Waals surface area contributed by atoms with Crippen molar-refractivity contribution in [2.24, 2.45) is 0 Å². The molecule has 0 radical (unpaired) electrons. The molecule has 8 nitrogen and oxygen atoms in total. The van der Waals surface area contributed by atoms with E-state index in [-0.39, 0.29) is 17.8 Å². The van der Waals surface area contributed by atoms with Crippen LogP contribution in [0, 0.1) is 5.82 Å². The molecule has 0 bridgehead atoms. The largest absolute Gasteiger partial charge is 0.444 e. The van der Waals surface area contributed by atoms with Crippen molar-refractivity contribution >= 4 is 40.2 Å². The molecule has 0 spiro atoms. The van der Waals surface area contributed by atoms with Gasteiger partial charge in [-0.2, -0.15) is 0 Å². The number of carbonyl (C=O) groups is 2. The Hall–Kier alpha value is -4.24. The van der Waals surface area contributed by atoms with Crippen LogP contribution < -0.4 is 16.0 Å². The second kappa shape index (κ2) is 13.6. The molecule has 2 aromatic heterocycles. The van der Waals surface area contributed by atoms with Crippen molar-refractivity contribution in [3.63, 3.8) is 0 Å². The number of unbranched alkanes of at least 4 members (excludes halogenated alkanes) is 1. The highest BCUT2D eigenvalue weighted by Crippen LogP contribution is 2.35. The van der Waals surface area contributed by atoms with Crippen molar-refractivity contribution in [2.45, 2.75) is 52.2 Å². The molecular formula is C32H35ClFN5O3. The fraction of sp³-hybridized carbons (Fsp3) is 0.312. The zero-order chi connectivity index (χ0) is 30.3. The summed E-state index contributed by atoms with van der Waals surface area (Å²) in [4.78, 5) is 33.1. The predicted molar refractivity (Wildman–Crippen MR) is 164 cm³/mol. The van der Waals surface area contributed by atoms with E-state index in [0.717, 1.165) is 22.0 Å². The molecule has 2 amide bonds.